The van der Waals surface area contributed by atoms with Crippen LogP contribution in [0.15, 0.2) is 10.5 Å². The van der Waals surface area contributed by atoms with Crippen LogP contribution in [0.5, 0.6) is 0 Å². The molecule has 0 bridgehead atoms. The lowest BCUT2D eigenvalue weighted by Crippen LogP contribution is -2.06. The number of halogens is 4. The van der Waals surface area contributed by atoms with Crippen LogP contribution in [0.25, 0.3) is 0 Å². The minimum absolute atomic E-state index is 0.230. The van der Waals surface area contributed by atoms with E-state index in [4.69, 9.17) is 5.11 Å². The lowest BCUT2D eigenvalue weighted by atomic mass is 10.2. The molecule has 7 heteroatoms. The van der Waals surface area contributed by atoms with Crippen molar-refractivity contribution < 1.29 is 23.1 Å². The molecule has 0 saturated carbocycles. The zero-order valence-electron chi connectivity index (χ0n) is 6.47. The maximum absolute atomic E-state index is 12.8. The largest absolute Gasteiger partial charge is 0.478 e. The Morgan fingerprint density at radius 3 is 2.57 bits per heavy atom. The maximum Gasteiger partial charge on any atom is 0.340 e. The molecule has 1 N–H and O–H groups in total. The van der Waals surface area contributed by atoms with Crippen LogP contribution in [-0.2, 0) is 0 Å². The van der Waals surface area contributed by atoms with E-state index in [1.54, 1.807) is 0 Å². The highest BCUT2D eigenvalue weighted by Crippen LogP contribution is 2.26. The SMILES string of the molecule is O=C(O)c1cc(Br)c(C(F)F)nc1F. The van der Waals surface area contributed by atoms with Crippen LogP contribution >= 0.6 is 15.9 Å². The summed E-state index contributed by atoms with van der Waals surface area (Å²) in [5.41, 5.74) is -1.56. The second kappa shape index (κ2) is 3.95. The molecule has 0 unspecified atom stereocenters. The molecule has 1 aromatic heterocycles. The Hall–Kier alpha value is -1.11. The summed E-state index contributed by atoms with van der Waals surface area (Å²) in [6, 6.07) is 0.756. The molecule has 0 aliphatic heterocycles. The summed E-state index contributed by atoms with van der Waals surface area (Å²) in [4.78, 5) is 13.2. The first-order valence-electron chi connectivity index (χ1n) is 3.31. The third-order valence-electron chi connectivity index (χ3n) is 1.39. The van der Waals surface area contributed by atoms with Gasteiger partial charge in [0.05, 0.1) is 0 Å². The van der Waals surface area contributed by atoms with E-state index in [1.165, 1.54) is 0 Å². The summed E-state index contributed by atoms with van der Waals surface area (Å²) in [6.45, 7) is 0. The van der Waals surface area contributed by atoms with Crippen molar-refractivity contribution in [1.82, 2.24) is 4.98 Å². The second-order valence-corrected chi connectivity index (χ2v) is 3.15. The Morgan fingerprint density at radius 1 is 1.57 bits per heavy atom. The van der Waals surface area contributed by atoms with Gasteiger partial charge >= 0.3 is 5.97 Å². The Kier molecular flexibility index (Phi) is 3.10. The third kappa shape index (κ3) is 2.03. The third-order valence-corrected chi connectivity index (χ3v) is 2.03. The number of aromatic nitrogens is 1. The maximum atomic E-state index is 12.8. The minimum Gasteiger partial charge on any atom is -0.478 e. The fourth-order valence-corrected chi connectivity index (χ4v) is 1.27. The smallest absolute Gasteiger partial charge is 0.340 e. The molecule has 0 amide bonds. The van der Waals surface area contributed by atoms with Gasteiger partial charge in [-0.1, -0.05) is 0 Å². The summed E-state index contributed by atoms with van der Waals surface area (Å²) >= 11 is 2.68. The average molecular weight is 270 g/mol. The fourth-order valence-electron chi connectivity index (χ4n) is 0.783. The van der Waals surface area contributed by atoms with Gasteiger partial charge in [0.1, 0.15) is 11.3 Å². The molecular formula is C7H3BrF3NO2. The minimum atomic E-state index is -2.96. The second-order valence-electron chi connectivity index (χ2n) is 2.30. The molecule has 0 radical (unpaired) electrons. The topological polar surface area (TPSA) is 50.2 Å². The Morgan fingerprint density at radius 2 is 2.14 bits per heavy atom. The van der Waals surface area contributed by atoms with Crippen molar-refractivity contribution in [2.45, 2.75) is 6.43 Å². The number of carbonyl (C=O) groups is 1. The molecule has 0 saturated heterocycles. The summed E-state index contributed by atoms with van der Waals surface area (Å²) in [5, 5.41) is 8.43. The molecule has 0 spiro atoms. The van der Waals surface area contributed by atoms with Gasteiger partial charge in [0.2, 0.25) is 5.95 Å². The first-order valence-corrected chi connectivity index (χ1v) is 4.10. The summed E-state index contributed by atoms with van der Waals surface area (Å²) < 4.78 is 36.8. The van der Waals surface area contributed by atoms with Gasteiger partial charge in [0.15, 0.2) is 0 Å². The standard InChI is InChI=1S/C7H3BrF3NO2/c8-3-1-2(7(13)14)6(11)12-4(3)5(9)10/h1,5H,(H,13,14). The van der Waals surface area contributed by atoms with E-state index >= 15 is 0 Å². The zero-order chi connectivity index (χ0) is 10.9. The number of rotatable bonds is 2. The van der Waals surface area contributed by atoms with E-state index in [0.717, 1.165) is 6.07 Å². The first kappa shape index (κ1) is 11.0. The van der Waals surface area contributed by atoms with Crippen LogP contribution < -0.4 is 0 Å². The predicted octanol–water partition coefficient (Wildman–Crippen LogP) is 2.62. The van der Waals surface area contributed by atoms with Gasteiger partial charge in [0, 0.05) is 4.47 Å². The molecule has 76 valence electrons. The van der Waals surface area contributed by atoms with Crippen molar-refractivity contribution in [2.75, 3.05) is 0 Å². The first-order chi connectivity index (χ1) is 6.43. The highest BCUT2D eigenvalue weighted by atomic mass is 79.9. The van der Waals surface area contributed by atoms with Crippen molar-refractivity contribution in [3.8, 4) is 0 Å². The predicted molar refractivity (Wildman–Crippen MR) is 43.8 cm³/mol. The van der Waals surface area contributed by atoms with Crippen molar-refractivity contribution in [3.05, 3.63) is 27.7 Å². The quantitative estimate of drug-likeness (QED) is 0.840. The molecular weight excluding hydrogens is 267 g/mol. The monoisotopic (exact) mass is 269 g/mol. The molecule has 0 aliphatic rings. The number of hydrogen-bond donors (Lipinski definition) is 1. The fraction of sp³-hybridized carbons (Fsp3) is 0.143. The number of pyridine rings is 1. The number of nitrogens with zero attached hydrogens (tertiary/aromatic N) is 1. The molecule has 3 nitrogen and oxygen atoms in total. The molecule has 0 fully saturated rings. The number of alkyl halides is 2. The normalized spacial score (nSPS) is 10.6. The molecule has 0 atom stereocenters. The van der Waals surface area contributed by atoms with Gasteiger partial charge in [-0.05, 0) is 22.0 Å². The zero-order valence-corrected chi connectivity index (χ0v) is 8.06. The molecule has 1 aromatic rings. The molecule has 0 aliphatic carbocycles. The van der Waals surface area contributed by atoms with E-state index in [1.807, 2.05) is 0 Å². The van der Waals surface area contributed by atoms with Crippen molar-refractivity contribution in [3.63, 3.8) is 0 Å². The molecule has 14 heavy (non-hydrogen) atoms. The highest BCUT2D eigenvalue weighted by Gasteiger charge is 2.20. The Balaban J connectivity index is 3.31. The summed E-state index contributed by atoms with van der Waals surface area (Å²) in [7, 11) is 0. The van der Waals surface area contributed by atoms with E-state index in [2.05, 4.69) is 20.9 Å². The van der Waals surface area contributed by atoms with E-state index in [9.17, 15) is 18.0 Å². The Labute approximate surface area is 84.7 Å². The van der Waals surface area contributed by atoms with Gasteiger partial charge in [-0.3, -0.25) is 0 Å². The van der Waals surface area contributed by atoms with Gasteiger partial charge in [-0.25, -0.2) is 18.6 Å². The van der Waals surface area contributed by atoms with Crippen LogP contribution in [0.2, 0.25) is 0 Å². The summed E-state index contributed by atoms with van der Waals surface area (Å²) in [6.07, 6.45) is -2.96. The van der Waals surface area contributed by atoms with Crippen molar-refractivity contribution >= 4 is 21.9 Å². The molecule has 1 rings (SSSR count). The van der Waals surface area contributed by atoms with Crippen LogP contribution in [-0.4, -0.2) is 16.1 Å². The van der Waals surface area contributed by atoms with Crippen LogP contribution in [0.3, 0.4) is 0 Å². The number of carboxylic acids is 1. The lowest BCUT2D eigenvalue weighted by Gasteiger charge is -2.04. The summed E-state index contributed by atoms with van der Waals surface area (Å²) in [5.74, 6) is -2.98. The van der Waals surface area contributed by atoms with Crippen LogP contribution in [0, 0.1) is 5.95 Å². The highest BCUT2D eigenvalue weighted by molar-refractivity contribution is 9.10. The van der Waals surface area contributed by atoms with E-state index < -0.39 is 29.6 Å². The number of aromatic carboxylic acids is 1. The Bertz CT molecular complexity index is 383. The average Bonchev–Trinajstić information content (AvgIpc) is 2.07. The molecule has 1 heterocycles. The van der Waals surface area contributed by atoms with Crippen LogP contribution in [0.4, 0.5) is 13.2 Å². The van der Waals surface area contributed by atoms with Gasteiger partial charge in [-0.2, -0.15) is 4.39 Å². The van der Waals surface area contributed by atoms with Crippen LogP contribution in [0.1, 0.15) is 22.5 Å². The van der Waals surface area contributed by atoms with E-state index in [0.29, 0.717) is 0 Å². The number of hydrogen-bond acceptors (Lipinski definition) is 2. The van der Waals surface area contributed by atoms with Gasteiger partial charge in [-0.15, -0.1) is 0 Å². The van der Waals surface area contributed by atoms with Crippen molar-refractivity contribution in [1.29, 1.82) is 0 Å². The molecule has 0 aromatic carbocycles. The lowest BCUT2D eigenvalue weighted by molar-refractivity contribution is 0.0689. The van der Waals surface area contributed by atoms with Crippen molar-refractivity contribution in [2.24, 2.45) is 0 Å². The van der Waals surface area contributed by atoms with Gasteiger partial charge in [0.25, 0.3) is 6.43 Å². The number of carboxylic acid groups (broad SMARTS) is 1. The van der Waals surface area contributed by atoms with Gasteiger partial charge < -0.3 is 5.11 Å². The van der Waals surface area contributed by atoms with E-state index in [-0.39, 0.29) is 4.47 Å².